The molecule has 0 radical (unpaired) electrons. The summed E-state index contributed by atoms with van der Waals surface area (Å²) in [5, 5.41) is 3.52. The molecule has 0 fully saturated rings. The summed E-state index contributed by atoms with van der Waals surface area (Å²) in [6.07, 6.45) is 8.63. The van der Waals surface area contributed by atoms with Crippen LogP contribution < -0.4 is 5.32 Å². The molecular formula is C13H17ClN2. The van der Waals surface area contributed by atoms with Gasteiger partial charge in [0.1, 0.15) is 5.15 Å². The number of anilines is 1. The monoisotopic (exact) mass is 236 g/mol. The van der Waals surface area contributed by atoms with E-state index in [1.807, 2.05) is 0 Å². The molecule has 0 unspecified atom stereocenters. The van der Waals surface area contributed by atoms with Gasteiger partial charge >= 0.3 is 0 Å². The molecule has 0 atom stereocenters. The molecule has 0 aromatic carbocycles. The Morgan fingerprint density at radius 2 is 2.31 bits per heavy atom. The van der Waals surface area contributed by atoms with Gasteiger partial charge in [-0.1, -0.05) is 44.2 Å². The first-order chi connectivity index (χ1) is 7.63. The second-order valence-corrected chi connectivity index (χ2v) is 4.36. The fourth-order valence-corrected chi connectivity index (χ4v) is 1.43. The first-order valence-electron chi connectivity index (χ1n) is 5.33. The zero-order valence-corrected chi connectivity index (χ0v) is 10.5. The topological polar surface area (TPSA) is 24.9 Å². The van der Waals surface area contributed by atoms with E-state index in [-0.39, 0.29) is 0 Å². The van der Waals surface area contributed by atoms with Crippen molar-refractivity contribution in [3.8, 4) is 0 Å². The Morgan fingerprint density at radius 1 is 1.56 bits per heavy atom. The Hall–Kier alpha value is -1.28. The van der Waals surface area contributed by atoms with Gasteiger partial charge in [0, 0.05) is 17.4 Å². The maximum absolute atomic E-state index is 5.83. The van der Waals surface area contributed by atoms with Crippen LogP contribution in [-0.4, -0.2) is 4.98 Å². The highest BCUT2D eigenvalue weighted by Gasteiger charge is 2.00. The molecule has 16 heavy (non-hydrogen) atoms. The number of hydrogen-bond donors (Lipinski definition) is 1. The summed E-state index contributed by atoms with van der Waals surface area (Å²) in [5.74, 6) is 0.660. The zero-order chi connectivity index (χ0) is 12.0. The van der Waals surface area contributed by atoms with E-state index in [1.54, 1.807) is 18.5 Å². The number of aromatic nitrogens is 1. The van der Waals surface area contributed by atoms with Crippen LogP contribution in [0.1, 0.15) is 25.8 Å². The highest BCUT2D eigenvalue weighted by Crippen LogP contribution is 2.20. The number of nitrogens with one attached hydrogen (secondary N) is 1. The predicted octanol–water partition coefficient (Wildman–Crippen LogP) is 4.35. The molecule has 1 rings (SSSR count). The lowest BCUT2D eigenvalue weighted by molar-refractivity contribution is 0.665. The van der Waals surface area contributed by atoms with E-state index >= 15 is 0 Å². The zero-order valence-electron chi connectivity index (χ0n) is 9.70. The lowest BCUT2D eigenvalue weighted by Crippen LogP contribution is -1.92. The Balaban J connectivity index is 2.85. The van der Waals surface area contributed by atoms with Gasteiger partial charge in [0.05, 0.1) is 0 Å². The first-order valence-corrected chi connectivity index (χ1v) is 5.70. The molecule has 86 valence electrons. The molecule has 0 spiro atoms. The Morgan fingerprint density at radius 3 is 2.94 bits per heavy atom. The third-order valence-electron chi connectivity index (χ3n) is 2.06. The summed E-state index contributed by atoms with van der Waals surface area (Å²) in [5.41, 5.74) is 1.94. The van der Waals surface area contributed by atoms with Crippen molar-refractivity contribution < 1.29 is 0 Å². The van der Waals surface area contributed by atoms with Crippen LogP contribution in [0.25, 0.3) is 6.08 Å². The quantitative estimate of drug-likeness (QED) is 0.769. The van der Waals surface area contributed by atoms with Crippen LogP contribution in [0.4, 0.5) is 5.69 Å². The largest absolute Gasteiger partial charge is 0.362 e. The number of nitrogens with zero attached hydrogens (tertiary/aromatic N) is 1. The number of hydrogen-bond acceptors (Lipinski definition) is 2. The van der Waals surface area contributed by atoms with Gasteiger partial charge < -0.3 is 5.32 Å². The standard InChI is InChI=1S/C13H17ClN2/c1-4-15-12-8-13(14)16-9-11(12)7-5-6-10(2)3/h4-5,7-10H,1,6H2,2-3H3,(H,15,16)/b7-5-. The minimum Gasteiger partial charge on any atom is -0.362 e. The second-order valence-electron chi connectivity index (χ2n) is 3.97. The van der Waals surface area contributed by atoms with Crippen molar-refractivity contribution in [1.82, 2.24) is 4.98 Å². The van der Waals surface area contributed by atoms with Crippen molar-refractivity contribution in [2.45, 2.75) is 20.3 Å². The molecule has 0 saturated heterocycles. The molecule has 0 bridgehead atoms. The lowest BCUT2D eigenvalue weighted by atomic mass is 10.1. The lowest BCUT2D eigenvalue weighted by Gasteiger charge is -2.05. The third kappa shape index (κ3) is 4.07. The molecule has 1 heterocycles. The third-order valence-corrected chi connectivity index (χ3v) is 2.27. The van der Waals surface area contributed by atoms with E-state index in [2.05, 4.69) is 42.9 Å². The van der Waals surface area contributed by atoms with Gasteiger partial charge in [0.15, 0.2) is 0 Å². The van der Waals surface area contributed by atoms with Gasteiger partial charge in [-0.25, -0.2) is 4.98 Å². The van der Waals surface area contributed by atoms with Gasteiger partial charge in [-0.2, -0.15) is 0 Å². The summed E-state index contributed by atoms with van der Waals surface area (Å²) in [4.78, 5) is 4.06. The molecule has 0 aliphatic heterocycles. The van der Waals surface area contributed by atoms with Crippen molar-refractivity contribution in [2.75, 3.05) is 5.32 Å². The van der Waals surface area contributed by atoms with Crippen LogP contribution in [0.2, 0.25) is 5.15 Å². The van der Waals surface area contributed by atoms with Crippen LogP contribution in [0.5, 0.6) is 0 Å². The van der Waals surface area contributed by atoms with Gasteiger partial charge in [-0.05, 0) is 24.6 Å². The van der Waals surface area contributed by atoms with Crippen LogP contribution >= 0.6 is 11.6 Å². The van der Waals surface area contributed by atoms with Crippen LogP contribution in [0, 0.1) is 5.92 Å². The first kappa shape index (κ1) is 12.8. The van der Waals surface area contributed by atoms with Gasteiger partial charge in [-0.3, -0.25) is 0 Å². The smallest absolute Gasteiger partial charge is 0.131 e. The maximum atomic E-state index is 5.83. The van der Waals surface area contributed by atoms with Gasteiger partial charge in [0.2, 0.25) is 0 Å². The Bertz CT molecular complexity index is 384. The van der Waals surface area contributed by atoms with Crippen molar-refractivity contribution in [2.24, 2.45) is 5.92 Å². The molecule has 0 amide bonds. The molecule has 3 heteroatoms. The fraction of sp³-hybridized carbons (Fsp3) is 0.308. The number of rotatable bonds is 5. The number of pyridine rings is 1. The van der Waals surface area contributed by atoms with Crippen LogP contribution in [-0.2, 0) is 0 Å². The van der Waals surface area contributed by atoms with E-state index in [4.69, 9.17) is 11.6 Å². The highest BCUT2D eigenvalue weighted by atomic mass is 35.5. The van der Waals surface area contributed by atoms with Crippen LogP contribution in [0.15, 0.2) is 31.1 Å². The van der Waals surface area contributed by atoms with E-state index in [1.165, 1.54) is 0 Å². The molecule has 0 aliphatic carbocycles. The Kier molecular flexibility index (Phi) is 5.06. The molecule has 1 aromatic rings. The fourth-order valence-electron chi connectivity index (χ4n) is 1.28. The summed E-state index contributed by atoms with van der Waals surface area (Å²) in [7, 11) is 0. The maximum Gasteiger partial charge on any atom is 0.131 e. The van der Waals surface area contributed by atoms with E-state index in [9.17, 15) is 0 Å². The van der Waals surface area contributed by atoms with E-state index < -0.39 is 0 Å². The minimum atomic E-state index is 0.477. The molecule has 0 saturated carbocycles. The minimum absolute atomic E-state index is 0.477. The van der Waals surface area contributed by atoms with E-state index in [0.717, 1.165) is 17.7 Å². The number of allylic oxidation sites excluding steroid dienone is 1. The van der Waals surface area contributed by atoms with Crippen molar-refractivity contribution in [3.05, 3.63) is 41.8 Å². The van der Waals surface area contributed by atoms with Crippen molar-refractivity contribution >= 4 is 23.4 Å². The van der Waals surface area contributed by atoms with Gasteiger partial charge in [-0.15, -0.1) is 0 Å². The molecular weight excluding hydrogens is 220 g/mol. The SMILES string of the molecule is C=CNc1cc(Cl)ncc1/C=C\CC(C)C. The average molecular weight is 237 g/mol. The number of halogens is 1. The van der Waals surface area contributed by atoms with Crippen LogP contribution in [0.3, 0.4) is 0 Å². The predicted molar refractivity (Wildman–Crippen MR) is 71.6 cm³/mol. The molecule has 2 nitrogen and oxygen atoms in total. The van der Waals surface area contributed by atoms with E-state index in [0.29, 0.717) is 11.1 Å². The van der Waals surface area contributed by atoms with Gasteiger partial charge in [0.25, 0.3) is 0 Å². The highest BCUT2D eigenvalue weighted by molar-refractivity contribution is 6.29. The van der Waals surface area contributed by atoms with Crippen molar-refractivity contribution in [1.29, 1.82) is 0 Å². The molecule has 1 aromatic heterocycles. The van der Waals surface area contributed by atoms with Crippen molar-refractivity contribution in [3.63, 3.8) is 0 Å². The average Bonchev–Trinajstić information content (AvgIpc) is 2.21. The molecule has 1 N–H and O–H groups in total. The second kappa shape index (κ2) is 6.33. The normalized spacial score (nSPS) is 11.0. The summed E-state index contributed by atoms with van der Waals surface area (Å²) < 4.78 is 0. The summed E-state index contributed by atoms with van der Waals surface area (Å²) in [6, 6.07) is 1.79. The summed E-state index contributed by atoms with van der Waals surface area (Å²) in [6.45, 7) is 8.01. The summed E-state index contributed by atoms with van der Waals surface area (Å²) >= 11 is 5.83. The molecule has 0 aliphatic rings. The Labute approximate surface area is 102 Å².